The first kappa shape index (κ1) is 19.9. The normalized spacial score (nSPS) is 11.9. The third kappa shape index (κ3) is 5.17. The summed E-state index contributed by atoms with van der Waals surface area (Å²) in [6.45, 7) is 6.36. The van der Waals surface area contributed by atoms with Gasteiger partial charge in [-0.25, -0.2) is 0 Å². The number of unbranched alkanes of at least 4 members (excludes halogenated alkanes) is 3. The van der Waals surface area contributed by atoms with Crippen LogP contribution in [-0.4, -0.2) is 18.4 Å². The number of hydrogen-bond donors (Lipinski definition) is 0. The van der Waals surface area contributed by atoms with Gasteiger partial charge >= 0.3 is 137 Å². The summed E-state index contributed by atoms with van der Waals surface area (Å²) in [5.74, 6) is -2.06. The molecule has 0 spiro atoms. The fraction of sp³-hybridized carbons (Fsp3) is 0.667. The zero-order valence-electron chi connectivity index (χ0n) is 14.2. The zero-order valence-corrected chi connectivity index (χ0v) is 17.0. The third-order valence-electron chi connectivity index (χ3n) is 4.56. The van der Waals surface area contributed by atoms with Crippen molar-refractivity contribution in [1.29, 1.82) is 0 Å². The number of hydrogen-bond acceptors (Lipinski definition) is 0. The molecule has 1 aromatic rings. The molecule has 0 saturated carbocycles. The van der Waals surface area contributed by atoms with E-state index in [9.17, 15) is 13.2 Å². The van der Waals surface area contributed by atoms with Crippen LogP contribution in [0, 0.1) is 17.5 Å². The van der Waals surface area contributed by atoms with E-state index in [1.54, 1.807) is 0 Å². The maximum atomic E-state index is 14.5. The molecule has 0 aliphatic rings. The Morgan fingerprint density at radius 2 is 1.09 bits per heavy atom. The Morgan fingerprint density at radius 1 is 0.727 bits per heavy atom. The summed E-state index contributed by atoms with van der Waals surface area (Å²) >= 11 is -3.17. The van der Waals surface area contributed by atoms with Gasteiger partial charge in [-0.1, -0.05) is 0 Å². The van der Waals surface area contributed by atoms with Gasteiger partial charge in [0, 0.05) is 0 Å². The van der Waals surface area contributed by atoms with E-state index < -0.39 is 35.8 Å². The SMILES string of the molecule is CCC[CH2][Sn]([CH2]CCC)([CH2]CCC)[c]1c(F)cc(F)cc1F. The Kier molecular flexibility index (Phi) is 8.88. The van der Waals surface area contributed by atoms with Crippen molar-refractivity contribution in [3.8, 4) is 0 Å². The second kappa shape index (κ2) is 9.84. The van der Waals surface area contributed by atoms with Crippen molar-refractivity contribution >= 4 is 22.0 Å². The average molecular weight is 421 g/mol. The van der Waals surface area contributed by atoms with Crippen molar-refractivity contribution in [2.75, 3.05) is 0 Å². The Morgan fingerprint density at radius 3 is 1.41 bits per heavy atom. The van der Waals surface area contributed by atoms with Crippen molar-refractivity contribution in [3.05, 3.63) is 29.6 Å². The van der Waals surface area contributed by atoms with Gasteiger partial charge in [0.1, 0.15) is 0 Å². The van der Waals surface area contributed by atoms with Crippen LogP contribution in [-0.2, 0) is 0 Å². The van der Waals surface area contributed by atoms with E-state index in [0.717, 1.165) is 64.0 Å². The number of benzene rings is 1. The summed E-state index contributed by atoms with van der Waals surface area (Å²) in [5.41, 5.74) is 0. The van der Waals surface area contributed by atoms with Gasteiger partial charge in [0.15, 0.2) is 0 Å². The Labute approximate surface area is 137 Å². The summed E-state index contributed by atoms with van der Waals surface area (Å²) in [5, 5.41) is 0. The van der Waals surface area contributed by atoms with Gasteiger partial charge in [-0.2, -0.15) is 0 Å². The minimum absolute atomic E-state index is 0.325. The fourth-order valence-corrected chi connectivity index (χ4v) is 19.8. The van der Waals surface area contributed by atoms with Crippen LogP contribution in [0.1, 0.15) is 59.3 Å². The van der Waals surface area contributed by atoms with Crippen LogP contribution in [0.4, 0.5) is 13.2 Å². The predicted molar refractivity (Wildman–Crippen MR) is 90.8 cm³/mol. The van der Waals surface area contributed by atoms with E-state index in [1.165, 1.54) is 0 Å². The Balaban J connectivity index is 3.31. The van der Waals surface area contributed by atoms with Gasteiger partial charge < -0.3 is 0 Å². The monoisotopic (exact) mass is 422 g/mol. The first-order chi connectivity index (χ1) is 10.5. The van der Waals surface area contributed by atoms with Crippen LogP contribution in [0.5, 0.6) is 0 Å². The minimum atomic E-state index is -3.17. The van der Waals surface area contributed by atoms with E-state index >= 15 is 0 Å². The van der Waals surface area contributed by atoms with Crippen LogP contribution in [0.2, 0.25) is 13.3 Å². The molecule has 0 unspecified atom stereocenters. The van der Waals surface area contributed by atoms with Gasteiger partial charge in [0.05, 0.1) is 0 Å². The van der Waals surface area contributed by atoms with Crippen LogP contribution in [0.15, 0.2) is 12.1 Å². The molecule has 0 radical (unpaired) electrons. The summed E-state index contributed by atoms with van der Waals surface area (Å²) in [6, 6.07) is 1.77. The number of halogens is 3. The van der Waals surface area contributed by atoms with Crippen LogP contribution in [0.3, 0.4) is 0 Å². The van der Waals surface area contributed by atoms with Crippen molar-refractivity contribution in [3.63, 3.8) is 0 Å². The first-order valence-electron chi connectivity index (χ1n) is 8.65. The topological polar surface area (TPSA) is 0 Å². The molecule has 22 heavy (non-hydrogen) atoms. The molecule has 0 N–H and O–H groups in total. The molecule has 0 aliphatic heterocycles. The van der Waals surface area contributed by atoms with Gasteiger partial charge in [-0.3, -0.25) is 0 Å². The summed E-state index contributed by atoms with van der Waals surface area (Å²) < 4.78 is 45.5. The molecule has 0 fully saturated rings. The zero-order chi connectivity index (χ0) is 16.6. The molecule has 0 aromatic heterocycles. The van der Waals surface area contributed by atoms with E-state index in [4.69, 9.17) is 0 Å². The van der Waals surface area contributed by atoms with Gasteiger partial charge in [0.2, 0.25) is 0 Å². The van der Waals surface area contributed by atoms with E-state index in [0.29, 0.717) is 3.58 Å². The van der Waals surface area contributed by atoms with Crippen LogP contribution >= 0.6 is 0 Å². The molecular formula is C18H29F3Sn. The summed E-state index contributed by atoms with van der Waals surface area (Å²) in [7, 11) is 0. The molecule has 0 amide bonds. The summed E-state index contributed by atoms with van der Waals surface area (Å²) in [4.78, 5) is 0. The maximum absolute atomic E-state index is 14.5. The summed E-state index contributed by atoms with van der Waals surface area (Å²) in [6.07, 6.45) is 6.21. The molecule has 0 nitrogen and oxygen atoms in total. The molecule has 4 heteroatoms. The second-order valence-corrected chi connectivity index (χ2v) is 19.4. The quantitative estimate of drug-likeness (QED) is 0.397. The third-order valence-corrected chi connectivity index (χ3v) is 20.2. The molecule has 0 atom stereocenters. The molecule has 0 saturated heterocycles. The van der Waals surface area contributed by atoms with Gasteiger partial charge in [0.25, 0.3) is 0 Å². The van der Waals surface area contributed by atoms with Crippen molar-refractivity contribution in [2.24, 2.45) is 0 Å². The molecule has 1 aromatic carbocycles. The van der Waals surface area contributed by atoms with Crippen LogP contribution in [0.25, 0.3) is 0 Å². The van der Waals surface area contributed by atoms with Gasteiger partial charge in [-0.15, -0.1) is 0 Å². The molecule has 0 aliphatic carbocycles. The predicted octanol–water partition coefficient (Wildman–Crippen LogP) is 6.16. The van der Waals surface area contributed by atoms with E-state index in [2.05, 4.69) is 20.8 Å². The second-order valence-electron chi connectivity index (χ2n) is 6.34. The standard InChI is InChI=1S/C6H2F3.3C4H9.Sn/c7-4-1-5(8)3-6(9)2-4;3*1-3-4-2;/h1-2H;3*1,3-4H2,2H3;. The first-order valence-corrected chi connectivity index (χ1v) is 16.1. The molecule has 0 bridgehead atoms. The molecule has 0 heterocycles. The van der Waals surface area contributed by atoms with Crippen molar-refractivity contribution < 1.29 is 13.2 Å². The average Bonchev–Trinajstić information content (AvgIpc) is 2.47. The number of rotatable bonds is 10. The fourth-order valence-electron chi connectivity index (χ4n) is 3.34. The molecule has 126 valence electrons. The van der Waals surface area contributed by atoms with Gasteiger partial charge in [-0.05, 0) is 0 Å². The van der Waals surface area contributed by atoms with E-state index in [1.807, 2.05) is 0 Å². The Bertz CT molecular complexity index is 415. The molecule has 1 rings (SSSR count). The van der Waals surface area contributed by atoms with Crippen molar-refractivity contribution in [1.82, 2.24) is 0 Å². The Hall–Kier alpha value is -0.191. The van der Waals surface area contributed by atoms with E-state index in [-0.39, 0.29) is 0 Å². The molecular weight excluding hydrogens is 392 g/mol. The van der Waals surface area contributed by atoms with Crippen molar-refractivity contribution in [2.45, 2.75) is 72.6 Å². The van der Waals surface area contributed by atoms with Crippen LogP contribution < -0.4 is 3.58 Å².